The number of amides is 1. The summed E-state index contributed by atoms with van der Waals surface area (Å²) < 4.78 is 1.97. The minimum absolute atomic E-state index is 0.174. The van der Waals surface area contributed by atoms with Crippen LogP contribution in [0.2, 0.25) is 0 Å². The van der Waals surface area contributed by atoms with Gasteiger partial charge in [0, 0.05) is 38.4 Å². The second kappa shape index (κ2) is 7.28. The standard InChI is InChI=1S/C14H24N4O/c1-17-8-2-3-13(11-17)4-5-14(19)16-7-10-18-9-6-15-12-18/h6,9,12-13H,2-5,7-8,10-11H2,1H3,(H,16,19)/t13-/m0/s1. The van der Waals surface area contributed by atoms with E-state index in [1.54, 1.807) is 12.5 Å². The van der Waals surface area contributed by atoms with Gasteiger partial charge >= 0.3 is 0 Å². The average molecular weight is 264 g/mol. The monoisotopic (exact) mass is 264 g/mol. The number of aromatic nitrogens is 2. The first-order valence-corrected chi connectivity index (χ1v) is 7.15. The lowest BCUT2D eigenvalue weighted by Gasteiger charge is -2.29. The van der Waals surface area contributed by atoms with Crippen LogP contribution >= 0.6 is 0 Å². The second-order valence-electron chi connectivity index (χ2n) is 5.46. The average Bonchev–Trinajstić information content (AvgIpc) is 2.90. The van der Waals surface area contributed by atoms with Crippen LogP contribution in [0.1, 0.15) is 25.7 Å². The Hall–Kier alpha value is -1.36. The van der Waals surface area contributed by atoms with Crippen molar-refractivity contribution < 1.29 is 4.79 Å². The summed E-state index contributed by atoms with van der Waals surface area (Å²) in [5.74, 6) is 0.867. The van der Waals surface area contributed by atoms with Gasteiger partial charge in [0.2, 0.25) is 5.91 Å². The van der Waals surface area contributed by atoms with E-state index in [4.69, 9.17) is 0 Å². The largest absolute Gasteiger partial charge is 0.354 e. The molecule has 0 aromatic carbocycles. The van der Waals surface area contributed by atoms with Gasteiger partial charge in [-0.2, -0.15) is 0 Å². The Morgan fingerprint density at radius 2 is 2.42 bits per heavy atom. The third-order valence-electron chi connectivity index (χ3n) is 3.75. The highest BCUT2D eigenvalue weighted by molar-refractivity contribution is 5.75. The van der Waals surface area contributed by atoms with Crippen LogP contribution < -0.4 is 5.32 Å². The maximum absolute atomic E-state index is 11.7. The minimum atomic E-state index is 0.174. The summed E-state index contributed by atoms with van der Waals surface area (Å²) in [6, 6.07) is 0. The number of imidazole rings is 1. The molecule has 106 valence electrons. The number of nitrogens with zero attached hydrogens (tertiary/aromatic N) is 3. The Labute approximate surface area is 115 Å². The van der Waals surface area contributed by atoms with Crippen LogP contribution in [0, 0.1) is 5.92 Å². The van der Waals surface area contributed by atoms with E-state index in [2.05, 4.69) is 22.2 Å². The topological polar surface area (TPSA) is 50.2 Å². The molecule has 1 aromatic rings. The first-order valence-electron chi connectivity index (χ1n) is 7.15. The van der Waals surface area contributed by atoms with Crippen LogP contribution in [0.15, 0.2) is 18.7 Å². The zero-order valence-electron chi connectivity index (χ0n) is 11.7. The molecule has 0 radical (unpaired) electrons. The van der Waals surface area contributed by atoms with E-state index >= 15 is 0 Å². The van der Waals surface area contributed by atoms with Gasteiger partial charge in [0.1, 0.15) is 0 Å². The molecule has 0 unspecified atom stereocenters. The molecular formula is C14H24N4O. The molecule has 1 amide bonds. The highest BCUT2D eigenvalue weighted by atomic mass is 16.1. The molecule has 1 aliphatic rings. The van der Waals surface area contributed by atoms with Crippen LogP contribution in [0.3, 0.4) is 0 Å². The van der Waals surface area contributed by atoms with Crippen LogP contribution in [-0.2, 0) is 11.3 Å². The fourth-order valence-electron chi connectivity index (χ4n) is 2.68. The van der Waals surface area contributed by atoms with Gasteiger partial charge in [0.05, 0.1) is 6.33 Å². The Balaban J connectivity index is 1.56. The third-order valence-corrected chi connectivity index (χ3v) is 3.75. The quantitative estimate of drug-likeness (QED) is 0.837. The summed E-state index contributed by atoms with van der Waals surface area (Å²) in [5, 5.41) is 2.97. The molecule has 0 bridgehead atoms. The SMILES string of the molecule is CN1CCC[C@@H](CCC(=O)NCCn2ccnc2)C1. The van der Waals surface area contributed by atoms with E-state index in [9.17, 15) is 4.79 Å². The van der Waals surface area contributed by atoms with Gasteiger partial charge in [-0.05, 0) is 38.8 Å². The fourth-order valence-corrected chi connectivity index (χ4v) is 2.68. The van der Waals surface area contributed by atoms with Gasteiger partial charge in [-0.3, -0.25) is 4.79 Å². The molecule has 2 rings (SSSR count). The molecule has 19 heavy (non-hydrogen) atoms. The molecule has 5 heteroatoms. The van der Waals surface area contributed by atoms with Crippen LogP contribution in [0.5, 0.6) is 0 Å². The molecule has 0 spiro atoms. The molecule has 1 aromatic heterocycles. The van der Waals surface area contributed by atoms with Crippen molar-refractivity contribution in [2.45, 2.75) is 32.2 Å². The van der Waals surface area contributed by atoms with Crippen molar-refractivity contribution in [3.05, 3.63) is 18.7 Å². The van der Waals surface area contributed by atoms with Crippen molar-refractivity contribution in [2.24, 2.45) is 5.92 Å². The Morgan fingerprint density at radius 1 is 1.53 bits per heavy atom. The fraction of sp³-hybridized carbons (Fsp3) is 0.714. The van der Waals surface area contributed by atoms with Crippen molar-refractivity contribution in [3.63, 3.8) is 0 Å². The first-order chi connectivity index (χ1) is 9.24. The molecule has 1 aliphatic heterocycles. The number of hydrogen-bond acceptors (Lipinski definition) is 3. The maximum Gasteiger partial charge on any atom is 0.220 e. The van der Waals surface area contributed by atoms with E-state index in [1.165, 1.54) is 19.4 Å². The Bertz CT molecular complexity index is 377. The van der Waals surface area contributed by atoms with Gasteiger partial charge in [-0.1, -0.05) is 0 Å². The first kappa shape index (κ1) is 14.1. The predicted molar refractivity (Wildman–Crippen MR) is 74.7 cm³/mol. The number of nitrogens with one attached hydrogen (secondary N) is 1. The van der Waals surface area contributed by atoms with E-state index < -0.39 is 0 Å². The summed E-state index contributed by atoms with van der Waals surface area (Å²) in [7, 11) is 2.16. The normalized spacial score (nSPS) is 20.4. The van der Waals surface area contributed by atoms with E-state index in [-0.39, 0.29) is 5.91 Å². The summed E-state index contributed by atoms with van der Waals surface area (Å²) in [6.45, 7) is 3.81. The van der Waals surface area contributed by atoms with E-state index in [0.29, 0.717) is 18.9 Å². The van der Waals surface area contributed by atoms with Gasteiger partial charge in [-0.25, -0.2) is 4.98 Å². The number of hydrogen-bond donors (Lipinski definition) is 1. The predicted octanol–water partition coefficient (Wildman–Crippen LogP) is 1.12. The number of piperidine rings is 1. The number of carbonyl (C=O) groups excluding carboxylic acids is 1. The Kier molecular flexibility index (Phi) is 5.39. The second-order valence-corrected chi connectivity index (χ2v) is 5.46. The molecule has 0 aliphatic carbocycles. The number of carbonyl (C=O) groups is 1. The van der Waals surface area contributed by atoms with Crippen molar-refractivity contribution in [1.82, 2.24) is 19.8 Å². The number of rotatable bonds is 6. The van der Waals surface area contributed by atoms with Crippen molar-refractivity contribution in [3.8, 4) is 0 Å². The Morgan fingerprint density at radius 3 is 3.16 bits per heavy atom. The maximum atomic E-state index is 11.7. The number of likely N-dealkylation sites (tertiary alicyclic amines) is 1. The molecule has 1 atom stereocenters. The van der Waals surface area contributed by atoms with Crippen LogP contribution in [0.4, 0.5) is 0 Å². The van der Waals surface area contributed by atoms with Gasteiger partial charge < -0.3 is 14.8 Å². The minimum Gasteiger partial charge on any atom is -0.354 e. The zero-order valence-corrected chi connectivity index (χ0v) is 11.7. The van der Waals surface area contributed by atoms with Gasteiger partial charge in [-0.15, -0.1) is 0 Å². The molecule has 5 nitrogen and oxygen atoms in total. The van der Waals surface area contributed by atoms with E-state index in [0.717, 1.165) is 19.5 Å². The van der Waals surface area contributed by atoms with Crippen LogP contribution in [-0.4, -0.2) is 47.0 Å². The highest BCUT2D eigenvalue weighted by Gasteiger charge is 2.17. The molecule has 1 N–H and O–H groups in total. The highest BCUT2D eigenvalue weighted by Crippen LogP contribution is 2.19. The lowest BCUT2D eigenvalue weighted by atomic mass is 9.93. The van der Waals surface area contributed by atoms with Crippen molar-refractivity contribution in [1.29, 1.82) is 0 Å². The van der Waals surface area contributed by atoms with Gasteiger partial charge in [0.25, 0.3) is 0 Å². The molecule has 2 heterocycles. The zero-order chi connectivity index (χ0) is 13.5. The molecule has 1 saturated heterocycles. The summed E-state index contributed by atoms with van der Waals surface area (Å²) in [5.41, 5.74) is 0. The third kappa shape index (κ3) is 5.03. The summed E-state index contributed by atoms with van der Waals surface area (Å²) in [4.78, 5) is 18.1. The van der Waals surface area contributed by atoms with Crippen molar-refractivity contribution in [2.75, 3.05) is 26.7 Å². The van der Waals surface area contributed by atoms with Gasteiger partial charge in [0.15, 0.2) is 0 Å². The van der Waals surface area contributed by atoms with Crippen LogP contribution in [0.25, 0.3) is 0 Å². The van der Waals surface area contributed by atoms with Crippen molar-refractivity contribution >= 4 is 5.91 Å². The summed E-state index contributed by atoms with van der Waals surface area (Å²) >= 11 is 0. The molecular weight excluding hydrogens is 240 g/mol. The lowest BCUT2D eigenvalue weighted by Crippen LogP contribution is -2.33. The smallest absolute Gasteiger partial charge is 0.220 e. The van der Waals surface area contributed by atoms with E-state index in [1.807, 2.05) is 10.8 Å². The summed E-state index contributed by atoms with van der Waals surface area (Å²) in [6.07, 6.45) is 9.63. The molecule has 1 fully saturated rings. The molecule has 0 saturated carbocycles. The lowest BCUT2D eigenvalue weighted by molar-refractivity contribution is -0.121.